The van der Waals surface area contributed by atoms with Crippen molar-refractivity contribution in [2.24, 2.45) is 0 Å². The first kappa shape index (κ1) is 25.2. The van der Waals surface area contributed by atoms with Gasteiger partial charge in [0, 0.05) is 68.8 Å². The van der Waals surface area contributed by atoms with E-state index in [1.807, 2.05) is 34.9 Å². The molecule has 9 heteroatoms. The Hall–Kier alpha value is -0.860. The standard InChI is InChI=1S/C19H29N3O3S.2ClH/c1-24-17-3-4-18(25-2)15(11-17)13-21-6-8-22(9-7-21)19(23)12-16-14-26-10-5-20-16;;/h3-4,11,16,20H,5-10,12-14H2,1-2H3;2*1H. The molecule has 0 bridgehead atoms. The molecule has 160 valence electrons. The number of nitrogens with zero attached hydrogens (tertiary/aromatic N) is 2. The van der Waals surface area contributed by atoms with Crippen molar-refractivity contribution >= 4 is 42.5 Å². The van der Waals surface area contributed by atoms with Crippen LogP contribution in [0.2, 0.25) is 0 Å². The first-order chi connectivity index (χ1) is 12.7. The van der Waals surface area contributed by atoms with Crippen LogP contribution >= 0.6 is 36.6 Å². The number of amides is 1. The number of rotatable bonds is 6. The Morgan fingerprint density at radius 1 is 1.18 bits per heavy atom. The molecule has 1 aromatic carbocycles. The number of carbonyl (C=O) groups excluding carboxylic acids is 1. The highest BCUT2D eigenvalue weighted by Gasteiger charge is 2.25. The second kappa shape index (κ2) is 12.6. The lowest BCUT2D eigenvalue weighted by atomic mass is 10.1. The lowest BCUT2D eigenvalue weighted by Gasteiger charge is -2.36. The van der Waals surface area contributed by atoms with Crippen molar-refractivity contribution in [3.63, 3.8) is 0 Å². The maximum absolute atomic E-state index is 12.5. The van der Waals surface area contributed by atoms with E-state index < -0.39 is 0 Å². The summed E-state index contributed by atoms with van der Waals surface area (Å²) >= 11 is 1.94. The normalized spacial score (nSPS) is 19.9. The average Bonchev–Trinajstić information content (AvgIpc) is 2.69. The Morgan fingerprint density at radius 2 is 1.93 bits per heavy atom. The van der Waals surface area contributed by atoms with E-state index in [1.165, 1.54) is 0 Å². The minimum Gasteiger partial charge on any atom is -0.497 e. The van der Waals surface area contributed by atoms with Gasteiger partial charge in [0.2, 0.25) is 5.91 Å². The molecule has 1 aromatic rings. The molecule has 2 heterocycles. The van der Waals surface area contributed by atoms with Gasteiger partial charge < -0.3 is 19.7 Å². The van der Waals surface area contributed by atoms with Crippen molar-refractivity contribution in [1.82, 2.24) is 15.1 Å². The number of halogens is 2. The zero-order valence-electron chi connectivity index (χ0n) is 16.5. The monoisotopic (exact) mass is 451 g/mol. The Labute approximate surface area is 184 Å². The predicted octanol–water partition coefficient (Wildman–Crippen LogP) is 2.29. The molecule has 2 saturated heterocycles. The number of ether oxygens (including phenoxy) is 2. The number of hydrogen-bond donors (Lipinski definition) is 1. The van der Waals surface area contributed by atoms with Crippen molar-refractivity contribution in [3.05, 3.63) is 23.8 Å². The fourth-order valence-corrected chi connectivity index (χ4v) is 4.44. The van der Waals surface area contributed by atoms with E-state index >= 15 is 0 Å². The van der Waals surface area contributed by atoms with E-state index in [0.29, 0.717) is 12.5 Å². The quantitative estimate of drug-likeness (QED) is 0.715. The first-order valence-electron chi connectivity index (χ1n) is 9.21. The highest BCUT2D eigenvalue weighted by atomic mass is 35.5. The van der Waals surface area contributed by atoms with E-state index in [9.17, 15) is 4.79 Å². The fourth-order valence-electron chi connectivity index (χ4n) is 3.49. The third-order valence-corrected chi connectivity index (χ3v) is 6.16. The molecular weight excluding hydrogens is 421 g/mol. The van der Waals surface area contributed by atoms with Gasteiger partial charge in [0.25, 0.3) is 0 Å². The van der Waals surface area contributed by atoms with Gasteiger partial charge in [-0.2, -0.15) is 11.8 Å². The number of nitrogens with one attached hydrogen (secondary N) is 1. The second-order valence-electron chi connectivity index (χ2n) is 6.76. The Bertz CT molecular complexity index is 610. The summed E-state index contributed by atoms with van der Waals surface area (Å²) in [5.74, 6) is 4.19. The Balaban J connectivity index is 0.00000196. The summed E-state index contributed by atoms with van der Waals surface area (Å²) in [7, 11) is 3.37. The van der Waals surface area contributed by atoms with Gasteiger partial charge in [-0.15, -0.1) is 24.8 Å². The zero-order valence-corrected chi connectivity index (χ0v) is 19.0. The van der Waals surface area contributed by atoms with Crippen molar-refractivity contribution < 1.29 is 14.3 Å². The molecule has 0 saturated carbocycles. The fraction of sp³-hybridized carbons (Fsp3) is 0.632. The maximum atomic E-state index is 12.5. The largest absolute Gasteiger partial charge is 0.497 e. The van der Waals surface area contributed by atoms with E-state index in [4.69, 9.17) is 9.47 Å². The molecule has 1 unspecified atom stereocenters. The van der Waals surface area contributed by atoms with Crippen LogP contribution in [0.25, 0.3) is 0 Å². The molecule has 2 aliphatic rings. The zero-order chi connectivity index (χ0) is 18.4. The number of methoxy groups -OCH3 is 2. The molecule has 1 amide bonds. The summed E-state index contributed by atoms with van der Waals surface area (Å²) in [4.78, 5) is 16.9. The summed E-state index contributed by atoms with van der Waals surface area (Å²) in [5.41, 5.74) is 1.12. The van der Waals surface area contributed by atoms with Crippen LogP contribution in [-0.4, -0.2) is 80.2 Å². The maximum Gasteiger partial charge on any atom is 0.224 e. The molecule has 1 N–H and O–H groups in total. The summed E-state index contributed by atoms with van der Waals surface area (Å²) in [5, 5.41) is 3.45. The Kier molecular flexibility index (Phi) is 11.4. The average molecular weight is 452 g/mol. The van der Waals surface area contributed by atoms with Gasteiger partial charge in [0.05, 0.1) is 14.2 Å². The van der Waals surface area contributed by atoms with Crippen LogP contribution in [-0.2, 0) is 11.3 Å². The van der Waals surface area contributed by atoms with Gasteiger partial charge >= 0.3 is 0 Å². The Morgan fingerprint density at radius 3 is 2.54 bits per heavy atom. The van der Waals surface area contributed by atoms with Crippen LogP contribution in [0.5, 0.6) is 11.5 Å². The number of piperazine rings is 1. The van der Waals surface area contributed by atoms with Crippen molar-refractivity contribution in [2.75, 3.05) is 58.4 Å². The van der Waals surface area contributed by atoms with Crippen molar-refractivity contribution in [3.8, 4) is 11.5 Å². The minimum absolute atomic E-state index is 0. The summed E-state index contributed by atoms with van der Waals surface area (Å²) in [6, 6.07) is 6.22. The van der Waals surface area contributed by atoms with E-state index in [1.54, 1.807) is 14.2 Å². The van der Waals surface area contributed by atoms with Crippen LogP contribution in [0, 0.1) is 0 Å². The SMILES string of the molecule is COc1ccc(OC)c(CN2CCN(C(=O)CC3CSCCN3)CC2)c1.Cl.Cl. The molecule has 28 heavy (non-hydrogen) atoms. The topological polar surface area (TPSA) is 54.0 Å². The number of hydrogen-bond acceptors (Lipinski definition) is 6. The van der Waals surface area contributed by atoms with E-state index in [0.717, 1.165) is 67.8 Å². The third-order valence-electron chi connectivity index (χ3n) is 5.03. The molecule has 3 rings (SSSR count). The van der Waals surface area contributed by atoms with E-state index in [-0.39, 0.29) is 30.7 Å². The summed E-state index contributed by atoms with van der Waals surface area (Å²) < 4.78 is 10.8. The molecule has 0 radical (unpaired) electrons. The number of thioether (sulfide) groups is 1. The van der Waals surface area contributed by atoms with Gasteiger partial charge in [-0.05, 0) is 18.2 Å². The van der Waals surface area contributed by atoms with Gasteiger partial charge in [-0.25, -0.2) is 0 Å². The van der Waals surface area contributed by atoms with Crippen molar-refractivity contribution in [2.45, 2.75) is 19.0 Å². The van der Waals surface area contributed by atoms with Gasteiger partial charge in [0.1, 0.15) is 11.5 Å². The molecule has 6 nitrogen and oxygen atoms in total. The smallest absolute Gasteiger partial charge is 0.224 e. The van der Waals surface area contributed by atoms with Crippen LogP contribution in [0.3, 0.4) is 0 Å². The van der Waals surface area contributed by atoms with Crippen molar-refractivity contribution in [1.29, 1.82) is 0 Å². The molecule has 2 fully saturated rings. The first-order valence-corrected chi connectivity index (χ1v) is 10.4. The lowest BCUT2D eigenvalue weighted by Crippen LogP contribution is -2.50. The third kappa shape index (κ3) is 6.88. The van der Waals surface area contributed by atoms with E-state index in [2.05, 4.69) is 10.2 Å². The molecule has 0 aliphatic carbocycles. The van der Waals surface area contributed by atoms with Crippen LogP contribution in [0.15, 0.2) is 18.2 Å². The summed E-state index contributed by atoms with van der Waals surface area (Å²) in [6.45, 7) is 5.19. The second-order valence-corrected chi connectivity index (χ2v) is 7.91. The molecular formula is C19H31Cl2N3O3S. The van der Waals surface area contributed by atoms with Gasteiger partial charge in [-0.3, -0.25) is 9.69 Å². The highest BCUT2D eigenvalue weighted by molar-refractivity contribution is 7.99. The lowest BCUT2D eigenvalue weighted by molar-refractivity contribution is -0.133. The highest BCUT2D eigenvalue weighted by Crippen LogP contribution is 2.25. The molecule has 2 aliphatic heterocycles. The predicted molar refractivity (Wildman–Crippen MR) is 120 cm³/mol. The number of benzene rings is 1. The van der Waals surface area contributed by atoms with Crippen LogP contribution < -0.4 is 14.8 Å². The molecule has 0 spiro atoms. The summed E-state index contributed by atoms with van der Waals surface area (Å²) in [6.07, 6.45) is 0.622. The minimum atomic E-state index is 0. The van der Waals surface area contributed by atoms with Crippen LogP contribution in [0.4, 0.5) is 0 Å². The van der Waals surface area contributed by atoms with Gasteiger partial charge in [-0.1, -0.05) is 0 Å². The van der Waals surface area contributed by atoms with Crippen LogP contribution in [0.1, 0.15) is 12.0 Å². The molecule has 0 aromatic heterocycles. The molecule has 1 atom stereocenters. The van der Waals surface area contributed by atoms with Gasteiger partial charge in [0.15, 0.2) is 0 Å². The number of carbonyl (C=O) groups is 1.